The lowest BCUT2D eigenvalue weighted by Gasteiger charge is -1.93. The van der Waals surface area contributed by atoms with E-state index in [9.17, 15) is 0 Å². The van der Waals surface area contributed by atoms with Crippen LogP contribution in [0.4, 0.5) is 0 Å². The van der Waals surface area contributed by atoms with Crippen LogP contribution in [-0.4, -0.2) is 9.55 Å². The Balaban J connectivity index is 2.32. The Bertz CT molecular complexity index is 654. The van der Waals surface area contributed by atoms with Crippen LogP contribution in [0.25, 0.3) is 21.5 Å². The highest BCUT2D eigenvalue weighted by Crippen LogP contribution is 2.32. The van der Waals surface area contributed by atoms with Crippen LogP contribution in [0, 0.1) is 0 Å². The Labute approximate surface area is 102 Å². The van der Waals surface area contributed by atoms with Gasteiger partial charge in [0.05, 0.1) is 0 Å². The Morgan fingerprint density at radius 2 is 2.12 bits per heavy atom. The third kappa shape index (κ3) is 1.44. The van der Waals surface area contributed by atoms with Crippen LogP contribution in [-0.2, 0) is 7.05 Å². The van der Waals surface area contributed by atoms with Gasteiger partial charge in [-0.2, -0.15) is 0 Å². The lowest BCUT2D eigenvalue weighted by Crippen LogP contribution is -1.81. The molecule has 0 atom stereocenters. The van der Waals surface area contributed by atoms with Gasteiger partial charge in [-0.25, -0.2) is 4.98 Å². The van der Waals surface area contributed by atoms with Crippen molar-refractivity contribution in [3.05, 3.63) is 41.0 Å². The predicted octanol–water partition coefficient (Wildman–Crippen LogP) is 3.96. The molecular formula is C12H9ClN2S. The van der Waals surface area contributed by atoms with E-state index in [0.717, 1.165) is 10.6 Å². The maximum atomic E-state index is 5.86. The molecule has 2 heterocycles. The van der Waals surface area contributed by atoms with Gasteiger partial charge in [0.1, 0.15) is 10.2 Å². The van der Waals surface area contributed by atoms with Gasteiger partial charge >= 0.3 is 0 Å². The fourth-order valence-corrected chi connectivity index (χ4v) is 2.86. The number of para-hydroxylation sites is 1. The minimum Gasteiger partial charge on any atom is -0.350 e. The van der Waals surface area contributed by atoms with E-state index in [0.29, 0.717) is 5.15 Å². The molecule has 3 aromatic rings. The van der Waals surface area contributed by atoms with Crippen molar-refractivity contribution in [3.63, 3.8) is 0 Å². The van der Waals surface area contributed by atoms with E-state index in [4.69, 9.17) is 11.6 Å². The second-order valence-corrected chi connectivity index (χ2v) is 4.89. The van der Waals surface area contributed by atoms with Crippen LogP contribution >= 0.6 is 22.9 Å². The number of fused-ring (bicyclic) bond motifs is 1. The molecule has 0 fully saturated rings. The van der Waals surface area contributed by atoms with E-state index in [1.165, 1.54) is 10.9 Å². The summed E-state index contributed by atoms with van der Waals surface area (Å²) in [6.07, 6.45) is 2.10. The number of rotatable bonds is 1. The van der Waals surface area contributed by atoms with Crippen molar-refractivity contribution >= 4 is 33.8 Å². The first kappa shape index (κ1) is 9.87. The van der Waals surface area contributed by atoms with Crippen LogP contribution in [0.1, 0.15) is 0 Å². The molecule has 0 aliphatic heterocycles. The van der Waals surface area contributed by atoms with Gasteiger partial charge in [-0.1, -0.05) is 29.8 Å². The lowest BCUT2D eigenvalue weighted by molar-refractivity contribution is 0.970. The summed E-state index contributed by atoms with van der Waals surface area (Å²) in [6, 6.07) is 8.30. The van der Waals surface area contributed by atoms with E-state index in [-0.39, 0.29) is 0 Å². The van der Waals surface area contributed by atoms with Crippen molar-refractivity contribution < 1.29 is 0 Å². The largest absolute Gasteiger partial charge is 0.350 e. The standard InChI is InChI=1S/C12H9ClN2S/c1-15-6-9(12-14-11(13)7-16-12)8-4-2-3-5-10(8)15/h2-7H,1H3. The van der Waals surface area contributed by atoms with Gasteiger partial charge in [0, 0.05) is 35.1 Å². The minimum absolute atomic E-state index is 0.563. The molecule has 80 valence electrons. The number of aryl methyl sites for hydroxylation is 1. The van der Waals surface area contributed by atoms with Crippen molar-refractivity contribution in [3.8, 4) is 10.6 Å². The molecule has 0 N–H and O–H groups in total. The van der Waals surface area contributed by atoms with Crippen LogP contribution in [0.3, 0.4) is 0 Å². The lowest BCUT2D eigenvalue weighted by atomic mass is 10.2. The van der Waals surface area contributed by atoms with Crippen LogP contribution in [0.5, 0.6) is 0 Å². The topological polar surface area (TPSA) is 17.8 Å². The molecule has 0 amide bonds. The van der Waals surface area contributed by atoms with Crippen molar-refractivity contribution in [1.29, 1.82) is 0 Å². The molecule has 0 aliphatic rings. The maximum absolute atomic E-state index is 5.86. The van der Waals surface area contributed by atoms with Crippen molar-refractivity contribution in [1.82, 2.24) is 9.55 Å². The zero-order chi connectivity index (χ0) is 11.1. The molecule has 1 aromatic carbocycles. The maximum Gasteiger partial charge on any atom is 0.140 e. The zero-order valence-corrected chi connectivity index (χ0v) is 10.2. The zero-order valence-electron chi connectivity index (χ0n) is 8.64. The van der Waals surface area contributed by atoms with Crippen LogP contribution in [0.15, 0.2) is 35.8 Å². The van der Waals surface area contributed by atoms with Gasteiger partial charge < -0.3 is 4.57 Å². The van der Waals surface area contributed by atoms with Gasteiger partial charge in [0.25, 0.3) is 0 Å². The number of thiazole rings is 1. The number of aromatic nitrogens is 2. The fourth-order valence-electron chi connectivity index (χ4n) is 1.89. The Morgan fingerprint density at radius 3 is 2.88 bits per heavy atom. The second kappa shape index (κ2) is 3.61. The third-order valence-corrected chi connectivity index (χ3v) is 3.80. The van der Waals surface area contributed by atoms with E-state index in [1.807, 2.05) is 24.6 Å². The molecule has 3 rings (SSSR count). The van der Waals surface area contributed by atoms with Crippen molar-refractivity contribution in [2.75, 3.05) is 0 Å². The van der Waals surface area contributed by atoms with Crippen LogP contribution in [0.2, 0.25) is 5.15 Å². The molecule has 16 heavy (non-hydrogen) atoms. The highest BCUT2D eigenvalue weighted by atomic mass is 35.5. The summed E-state index contributed by atoms with van der Waals surface area (Å²) in [5.74, 6) is 0. The summed E-state index contributed by atoms with van der Waals surface area (Å²) in [4.78, 5) is 4.32. The number of benzene rings is 1. The summed E-state index contributed by atoms with van der Waals surface area (Å²) < 4.78 is 2.11. The monoisotopic (exact) mass is 248 g/mol. The number of hydrogen-bond acceptors (Lipinski definition) is 2. The molecule has 2 aromatic heterocycles. The molecule has 0 saturated heterocycles. The molecule has 0 saturated carbocycles. The molecule has 4 heteroatoms. The number of halogens is 1. The SMILES string of the molecule is Cn1cc(-c2nc(Cl)cs2)c2ccccc21. The molecule has 0 bridgehead atoms. The Kier molecular flexibility index (Phi) is 2.23. The summed E-state index contributed by atoms with van der Waals surface area (Å²) in [7, 11) is 2.04. The van der Waals surface area contributed by atoms with E-state index >= 15 is 0 Å². The van der Waals surface area contributed by atoms with Gasteiger partial charge in [0.2, 0.25) is 0 Å². The first-order valence-corrected chi connectivity index (χ1v) is 6.17. The van der Waals surface area contributed by atoms with E-state index in [2.05, 4.69) is 27.9 Å². The molecule has 0 aliphatic carbocycles. The highest BCUT2D eigenvalue weighted by Gasteiger charge is 2.10. The van der Waals surface area contributed by atoms with Crippen molar-refractivity contribution in [2.45, 2.75) is 0 Å². The Morgan fingerprint density at radius 1 is 1.31 bits per heavy atom. The summed E-state index contributed by atoms with van der Waals surface area (Å²) in [5, 5.41) is 4.62. The quantitative estimate of drug-likeness (QED) is 0.638. The van der Waals surface area contributed by atoms with E-state index in [1.54, 1.807) is 11.3 Å². The van der Waals surface area contributed by atoms with Gasteiger partial charge in [0.15, 0.2) is 0 Å². The fraction of sp³-hybridized carbons (Fsp3) is 0.0833. The highest BCUT2D eigenvalue weighted by molar-refractivity contribution is 7.13. The summed E-state index contributed by atoms with van der Waals surface area (Å²) >= 11 is 7.44. The van der Waals surface area contributed by atoms with Gasteiger partial charge in [-0.15, -0.1) is 11.3 Å². The smallest absolute Gasteiger partial charge is 0.140 e. The average molecular weight is 249 g/mol. The first-order valence-electron chi connectivity index (χ1n) is 4.91. The minimum atomic E-state index is 0.563. The molecule has 0 unspecified atom stereocenters. The summed E-state index contributed by atoms with van der Waals surface area (Å²) in [6.45, 7) is 0. The number of nitrogens with zero attached hydrogens (tertiary/aromatic N) is 2. The normalized spacial score (nSPS) is 11.1. The molecule has 0 spiro atoms. The number of hydrogen-bond donors (Lipinski definition) is 0. The third-order valence-electron chi connectivity index (χ3n) is 2.60. The predicted molar refractivity (Wildman–Crippen MR) is 69.0 cm³/mol. The first-order chi connectivity index (χ1) is 7.75. The second-order valence-electron chi connectivity index (χ2n) is 3.65. The van der Waals surface area contributed by atoms with Crippen LogP contribution < -0.4 is 0 Å². The Hall–Kier alpha value is -1.32. The summed E-state index contributed by atoms with van der Waals surface area (Å²) in [5.41, 5.74) is 2.36. The van der Waals surface area contributed by atoms with Gasteiger partial charge in [-0.3, -0.25) is 0 Å². The van der Waals surface area contributed by atoms with E-state index < -0.39 is 0 Å². The van der Waals surface area contributed by atoms with Gasteiger partial charge in [-0.05, 0) is 6.07 Å². The molecule has 0 radical (unpaired) electrons. The molecule has 2 nitrogen and oxygen atoms in total. The average Bonchev–Trinajstić information content (AvgIpc) is 2.84. The molecular weight excluding hydrogens is 240 g/mol. The van der Waals surface area contributed by atoms with Crippen molar-refractivity contribution in [2.24, 2.45) is 7.05 Å².